The number of nitrogens with zero attached hydrogens (tertiary/aromatic N) is 2. The first-order chi connectivity index (χ1) is 15.0. The fourth-order valence-electron chi connectivity index (χ4n) is 2.86. The highest BCUT2D eigenvalue weighted by Gasteiger charge is 2.15. The maximum Gasteiger partial charge on any atom is 0.272 e. The molecule has 2 aromatic heterocycles. The molecule has 0 radical (unpaired) electrons. The van der Waals surface area contributed by atoms with E-state index in [-0.39, 0.29) is 11.3 Å². The van der Waals surface area contributed by atoms with Crippen LogP contribution in [-0.4, -0.2) is 27.5 Å². The molecule has 2 heterocycles. The topological polar surface area (TPSA) is 84.0 Å². The van der Waals surface area contributed by atoms with Gasteiger partial charge in [-0.05, 0) is 30.7 Å². The molecule has 0 fully saturated rings. The second-order valence-corrected chi connectivity index (χ2v) is 8.54. The molecule has 2 amide bonds. The zero-order valence-corrected chi connectivity index (χ0v) is 18.0. The van der Waals surface area contributed by atoms with Crippen molar-refractivity contribution in [3.05, 3.63) is 77.9 Å². The Bertz CT molecular complexity index is 1260. The minimum atomic E-state index is -0.720. The number of benzene rings is 2. The van der Waals surface area contributed by atoms with Crippen molar-refractivity contribution in [1.82, 2.24) is 20.8 Å². The molecule has 31 heavy (non-hydrogen) atoms. The molecule has 0 aliphatic rings. The summed E-state index contributed by atoms with van der Waals surface area (Å²) in [6.07, 6.45) is 0. The van der Waals surface area contributed by atoms with Gasteiger partial charge in [-0.15, -0.1) is 11.3 Å². The summed E-state index contributed by atoms with van der Waals surface area (Å²) in [5.41, 5.74) is 5.48. The van der Waals surface area contributed by atoms with Crippen molar-refractivity contribution in [2.24, 2.45) is 0 Å². The van der Waals surface area contributed by atoms with Gasteiger partial charge in [0.25, 0.3) is 5.91 Å². The van der Waals surface area contributed by atoms with Crippen molar-refractivity contribution in [2.45, 2.75) is 11.9 Å². The van der Waals surface area contributed by atoms with Crippen molar-refractivity contribution in [3.63, 3.8) is 0 Å². The molecular weight excluding hydrogens is 435 g/mol. The smallest absolute Gasteiger partial charge is 0.272 e. The molecule has 0 aliphatic carbocycles. The van der Waals surface area contributed by atoms with Gasteiger partial charge < -0.3 is 0 Å². The van der Waals surface area contributed by atoms with Crippen LogP contribution >= 0.6 is 23.1 Å². The van der Waals surface area contributed by atoms with Crippen molar-refractivity contribution in [1.29, 1.82) is 0 Å². The summed E-state index contributed by atoms with van der Waals surface area (Å²) in [4.78, 5) is 35.1. The predicted molar refractivity (Wildman–Crippen MR) is 120 cm³/mol. The lowest BCUT2D eigenvalue weighted by molar-refractivity contribution is -0.119. The van der Waals surface area contributed by atoms with E-state index in [1.165, 1.54) is 30.0 Å². The lowest BCUT2D eigenvalue weighted by Gasteiger charge is -2.08. The molecule has 0 bridgehead atoms. The van der Waals surface area contributed by atoms with E-state index in [1.807, 2.05) is 36.4 Å². The van der Waals surface area contributed by atoms with Gasteiger partial charge >= 0.3 is 0 Å². The number of hydrogen-bond acceptors (Lipinski definition) is 6. The monoisotopic (exact) mass is 452 g/mol. The first kappa shape index (κ1) is 21.0. The van der Waals surface area contributed by atoms with Crippen LogP contribution in [0.2, 0.25) is 0 Å². The highest BCUT2D eigenvalue weighted by atomic mass is 32.2. The van der Waals surface area contributed by atoms with E-state index < -0.39 is 17.6 Å². The normalized spacial score (nSPS) is 10.8. The molecule has 6 nitrogen and oxygen atoms in total. The Morgan fingerprint density at radius 2 is 1.77 bits per heavy atom. The molecule has 4 aromatic rings. The van der Waals surface area contributed by atoms with Crippen molar-refractivity contribution < 1.29 is 14.0 Å². The minimum absolute atomic E-state index is 0.0274. The number of carbonyl (C=O) groups is 2. The second-order valence-electron chi connectivity index (χ2n) is 6.54. The molecular formula is C22H17FN4O2S2. The van der Waals surface area contributed by atoms with Crippen LogP contribution in [0.1, 0.15) is 16.2 Å². The average Bonchev–Trinajstić information content (AvgIpc) is 3.21. The fourth-order valence-corrected chi connectivity index (χ4v) is 4.86. The summed E-state index contributed by atoms with van der Waals surface area (Å²) in [6.45, 7) is 1.81. The molecule has 0 unspecified atom stereocenters. The van der Waals surface area contributed by atoms with E-state index in [0.29, 0.717) is 10.9 Å². The Balaban J connectivity index is 1.43. The number of aryl methyl sites for hydroxylation is 1. The highest BCUT2D eigenvalue weighted by Crippen LogP contribution is 2.36. The van der Waals surface area contributed by atoms with Crippen LogP contribution in [0, 0.1) is 12.7 Å². The van der Waals surface area contributed by atoms with Crippen LogP contribution in [0.25, 0.3) is 20.7 Å². The number of hydrazine groups is 1. The van der Waals surface area contributed by atoms with Crippen LogP contribution in [-0.2, 0) is 4.79 Å². The number of amides is 2. The lowest BCUT2D eigenvalue weighted by atomic mass is 10.2. The Kier molecular flexibility index (Phi) is 6.24. The summed E-state index contributed by atoms with van der Waals surface area (Å²) in [5.74, 6) is -1.17. The third kappa shape index (κ3) is 4.89. The zero-order valence-electron chi connectivity index (χ0n) is 16.4. The number of rotatable bonds is 5. The number of fused-ring (bicyclic) bond motifs is 1. The van der Waals surface area contributed by atoms with Gasteiger partial charge in [0, 0.05) is 10.3 Å². The van der Waals surface area contributed by atoms with Gasteiger partial charge in [-0.1, -0.05) is 54.2 Å². The maximum absolute atomic E-state index is 13.7. The Labute approximate surface area is 185 Å². The number of carbonyl (C=O) groups excluding carboxylic acids is 2. The van der Waals surface area contributed by atoms with Gasteiger partial charge in [-0.3, -0.25) is 20.4 Å². The van der Waals surface area contributed by atoms with Crippen LogP contribution in [0.3, 0.4) is 0 Å². The quantitative estimate of drug-likeness (QED) is 0.267. The van der Waals surface area contributed by atoms with Gasteiger partial charge in [0.1, 0.15) is 21.5 Å². The maximum atomic E-state index is 13.7. The first-order valence-electron chi connectivity index (χ1n) is 9.31. The number of thiophene rings is 1. The zero-order chi connectivity index (χ0) is 21.8. The molecule has 156 valence electrons. The average molecular weight is 453 g/mol. The standard InChI is InChI=1S/C22H17FN4O2S2/c1-13-24-21(16-11-18(31-22(16)25-13)14-7-3-2-4-8-14)30-12-19(28)26-27-20(29)15-9-5-6-10-17(15)23/h2-11H,12H2,1H3,(H,26,28)(H,27,29). The molecule has 0 atom stereocenters. The highest BCUT2D eigenvalue weighted by molar-refractivity contribution is 8.00. The molecule has 0 spiro atoms. The number of halogens is 1. The minimum Gasteiger partial charge on any atom is -0.272 e. The Hall–Kier alpha value is -3.30. The predicted octanol–water partition coefficient (Wildman–Crippen LogP) is 4.36. The summed E-state index contributed by atoms with van der Waals surface area (Å²) < 4.78 is 13.7. The van der Waals surface area contributed by atoms with Crippen LogP contribution in [0.4, 0.5) is 4.39 Å². The second kappa shape index (κ2) is 9.23. The third-order valence-electron chi connectivity index (χ3n) is 4.30. The van der Waals surface area contributed by atoms with Gasteiger partial charge in [0.15, 0.2) is 0 Å². The van der Waals surface area contributed by atoms with E-state index in [9.17, 15) is 14.0 Å². The van der Waals surface area contributed by atoms with Gasteiger partial charge in [0.05, 0.1) is 11.3 Å². The molecule has 4 rings (SSSR count). The third-order valence-corrected chi connectivity index (χ3v) is 6.37. The summed E-state index contributed by atoms with van der Waals surface area (Å²) in [5, 5.41) is 1.57. The number of nitrogens with one attached hydrogen (secondary N) is 2. The molecule has 2 N–H and O–H groups in total. The Morgan fingerprint density at radius 1 is 1.03 bits per heavy atom. The number of thioether (sulfide) groups is 1. The SMILES string of the molecule is Cc1nc(SCC(=O)NNC(=O)c2ccccc2F)c2cc(-c3ccccc3)sc2n1. The molecule has 0 saturated carbocycles. The molecule has 0 aliphatic heterocycles. The van der Waals surface area contributed by atoms with Crippen LogP contribution in [0.15, 0.2) is 65.7 Å². The van der Waals surface area contributed by atoms with Gasteiger partial charge in [0.2, 0.25) is 5.91 Å². The van der Waals surface area contributed by atoms with Crippen molar-refractivity contribution >= 4 is 45.1 Å². The van der Waals surface area contributed by atoms with Crippen LogP contribution < -0.4 is 10.9 Å². The molecule has 0 saturated heterocycles. The summed E-state index contributed by atoms with van der Waals surface area (Å²) in [7, 11) is 0. The van der Waals surface area contributed by atoms with E-state index in [0.717, 1.165) is 20.7 Å². The largest absolute Gasteiger partial charge is 0.272 e. The summed E-state index contributed by atoms with van der Waals surface area (Å²) >= 11 is 2.82. The fraction of sp³-hybridized carbons (Fsp3) is 0.0909. The Morgan fingerprint density at radius 3 is 2.55 bits per heavy atom. The van der Waals surface area contributed by atoms with Crippen molar-refractivity contribution in [3.8, 4) is 10.4 Å². The first-order valence-corrected chi connectivity index (χ1v) is 11.1. The van der Waals surface area contributed by atoms with Gasteiger partial charge in [-0.25, -0.2) is 14.4 Å². The van der Waals surface area contributed by atoms with Crippen molar-refractivity contribution in [2.75, 3.05) is 5.75 Å². The van der Waals surface area contributed by atoms with E-state index >= 15 is 0 Å². The molecule has 2 aromatic carbocycles. The van der Waals surface area contributed by atoms with E-state index in [2.05, 4.69) is 20.8 Å². The van der Waals surface area contributed by atoms with E-state index in [1.54, 1.807) is 24.3 Å². The van der Waals surface area contributed by atoms with Gasteiger partial charge in [-0.2, -0.15) is 0 Å². The number of aromatic nitrogens is 2. The lowest BCUT2D eigenvalue weighted by Crippen LogP contribution is -2.42. The van der Waals surface area contributed by atoms with E-state index in [4.69, 9.17) is 0 Å². The van der Waals surface area contributed by atoms with Crippen LogP contribution in [0.5, 0.6) is 0 Å². The number of hydrogen-bond donors (Lipinski definition) is 2. The molecule has 9 heteroatoms. The summed E-state index contributed by atoms with van der Waals surface area (Å²) in [6, 6.07) is 17.6.